The Labute approximate surface area is 170 Å². The highest BCUT2D eigenvalue weighted by molar-refractivity contribution is 5.87. The molecule has 3 rings (SSSR count). The van der Waals surface area contributed by atoms with Crippen molar-refractivity contribution in [3.63, 3.8) is 0 Å². The molecule has 0 saturated heterocycles. The maximum atomic E-state index is 12.3. The summed E-state index contributed by atoms with van der Waals surface area (Å²) in [5, 5.41) is 0. The molecule has 0 spiro atoms. The van der Waals surface area contributed by atoms with E-state index in [1.807, 2.05) is 47.6 Å². The van der Waals surface area contributed by atoms with Gasteiger partial charge in [0.15, 0.2) is 5.82 Å². The number of aromatic nitrogens is 3. The van der Waals surface area contributed by atoms with Crippen molar-refractivity contribution in [2.75, 3.05) is 13.1 Å². The van der Waals surface area contributed by atoms with Crippen LogP contribution in [0, 0.1) is 0 Å². The SMILES string of the molecule is CC(C)(C)OC(=O)N1CC=C(c2ncc3c(ccn3C(=O)OC(C)(C)C)n2)CC1. The van der Waals surface area contributed by atoms with E-state index in [4.69, 9.17) is 9.47 Å². The second kappa shape index (κ2) is 7.50. The lowest BCUT2D eigenvalue weighted by Gasteiger charge is -2.29. The number of carbonyl (C=O) groups excluding carboxylic acids is 2. The summed E-state index contributed by atoms with van der Waals surface area (Å²) in [6.45, 7) is 12.0. The van der Waals surface area contributed by atoms with Crippen molar-refractivity contribution in [2.45, 2.75) is 59.2 Å². The van der Waals surface area contributed by atoms with Crippen molar-refractivity contribution in [3.8, 4) is 0 Å². The summed E-state index contributed by atoms with van der Waals surface area (Å²) in [5.41, 5.74) is 1.13. The van der Waals surface area contributed by atoms with E-state index in [-0.39, 0.29) is 6.09 Å². The Bertz CT molecular complexity index is 963. The molecule has 0 bridgehead atoms. The Kier molecular flexibility index (Phi) is 5.38. The fraction of sp³-hybridized carbons (Fsp3) is 0.524. The second-order valence-electron chi connectivity index (χ2n) is 9.04. The van der Waals surface area contributed by atoms with E-state index < -0.39 is 17.3 Å². The molecule has 8 nitrogen and oxygen atoms in total. The molecule has 1 amide bonds. The van der Waals surface area contributed by atoms with Gasteiger partial charge in [0.25, 0.3) is 0 Å². The van der Waals surface area contributed by atoms with Gasteiger partial charge < -0.3 is 14.4 Å². The van der Waals surface area contributed by atoms with Crippen LogP contribution in [0.1, 0.15) is 53.8 Å². The third-order valence-corrected chi connectivity index (χ3v) is 4.18. The van der Waals surface area contributed by atoms with Gasteiger partial charge in [-0.25, -0.2) is 24.1 Å². The number of carbonyl (C=O) groups is 2. The third kappa shape index (κ3) is 5.13. The number of hydrogen-bond acceptors (Lipinski definition) is 6. The monoisotopic (exact) mass is 400 g/mol. The number of ether oxygens (including phenoxy) is 2. The van der Waals surface area contributed by atoms with Gasteiger partial charge in [0.2, 0.25) is 0 Å². The summed E-state index contributed by atoms with van der Waals surface area (Å²) in [5.74, 6) is 0.600. The predicted octanol–water partition coefficient (Wildman–Crippen LogP) is 4.24. The fourth-order valence-corrected chi connectivity index (χ4v) is 2.91. The molecule has 2 aromatic heterocycles. The number of amides is 1. The molecule has 3 heterocycles. The van der Waals surface area contributed by atoms with Crippen molar-refractivity contribution >= 4 is 28.8 Å². The summed E-state index contributed by atoms with van der Waals surface area (Å²) in [4.78, 5) is 35.2. The largest absolute Gasteiger partial charge is 0.444 e. The third-order valence-electron chi connectivity index (χ3n) is 4.18. The van der Waals surface area contributed by atoms with Gasteiger partial charge in [0.05, 0.1) is 17.2 Å². The maximum absolute atomic E-state index is 12.3. The summed E-state index contributed by atoms with van der Waals surface area (Å²) in [6.07, 6.45) is 5.06. The minimum Gasteiger partial charge on any atom is -0.444 e. The van der Waals surface area contributed by atoms with Crippen LogP contribution in [0.3, 0.4) is 0 Å². The standard InChI is InChI=1S/C21H28N4O4/c1-20(2,3)28-18(26)24-10-7-14(8-11-24)17-22-13-16-15(23-17)9-12-25(16)19(27)29-21(4,5)6/h7,9,12-13H,8,10-11H2,1-6H3. The molecule has 29 heavy (non-hydrogen) atoms. The van der Waals surface area contributed by atoms with Gasteiger partial charge in [-0.3, -0.25) is 0 Å². The number of nitrogens with zero attached hydrogens (tertiary/aromatic N) is 4. The highest BCUT2D eigenvalue weighted by Crippen LogP contribution is 2.23. The molecule has 0 radical (unpaired) electrons. The summed E-state index contributed by atoms with van der Waals surface area (Å²) < 4.78 is 12.2. The van der Waals surface area contributed by atoms with E-state index in [1.54, 1.807) is 23.4 Å². The van der Waals surface area contributed by atoms with E-state index in [0.29, 0.717) is 36.4 Å². The van der Waals surface area contributed by atoms with Crippen LogP contribution in [0.4, 0.5) is 9.59 Å². The molecule has 156 valence electrons. The van der Waals surface area contributed by atoms with Gasteiger partial charge >= 0.3 is 12.2 Å². The van der Waals surface area contributed by atoms with Gasteiger partial charge in [-0.05, 0) is 59.6 Å². The highest BCUT2D eigenvalue weighted by Gasteiger charge is 2.25. The molecule has 1 aliphatic heterocycles. The van der Waals surface area contributed by atoms with Gasteiger partial charge in [-0.1, -0.05) is 6.08 Å². The first-order valence-corrected chi connectivity index (χ1v) is 9.68. The Balaban J connectivity index is 1.75. The van der Waals surface area contributed by atoms with Crippen LogP contribution in [-0.2, 0) is 9.47 Å². The van der Waals surface area contributed by atoms with Crippen LogP contribution < -0.4 is 0 Å². The van der Waals surface area contributed by atoms with Crippen LogP contribution in [0.5, 0.6) is 0 Å². The molecular formula is C21H28N4O4. The zero-order valence-corrected chi connectivity index (χ0v) is 17.9. The quantitative estimate of drug-likeness (QED) is 0.712. The van der Waals surface area contributed by atoms with Crippen molar-refractivity contribution in [1.29, 1.82) is 0 Å². The number of fused-ring (bicyclic) bond motifs is 1. The lowest BCUT2D eigenvalue weighted by Crippen LogP contribution is -2.39. The average Bonchev–Trinajstić information content (AvgIpc) is 3.02. The zero-order valence-electron chi connectivity index (χ0n) is 17.9. The Morgan fingerprint density at radius 1 is 1.03 bits per heavy atom. The first-order chi connectivity index (χ1) is 13.4. The van der Waals surface area contributed by atoms with Crippen LogP contribution in [0.2, 0.25) is 0 Å². The molecule has 0 aromatic carbocycles. The van der Waals surface area contributed by atoms with Crippen LogP contribution >= 0.6 is 0 Å². The fourth-order valence-electron chi connectivity index (χ4n) is 2.91. The van der Waals surface area contributed by atoms with Gasteiger partial charge in [-0.15, -0.1) is 0 Å². The second-order valence-corrected chi connectivity index (χ2v) is 9.04. The molecule has 0 fully saturated rings. The molecule has 0 aliphatic carbocycles. The molecule has 1 aliphatic rings. The lowest BCUT2D eigenvalue weighted by atomic mass is 10.1. The van der Waals surface area contributed by atoms with E-state index >= 15 is 0 Å². The van der Waals surface area contributed by atoms with E-state index in [2.05, 4.69) is 9.97 Å². The van der Waals surface area contributed by atoms with Crippen molar-refractivity contribution in [3.05, 3.63) is 30.4 Å². The smallest absolute Gasteiger partial charge is 0.419 e. The minimum absolute atomic E-state index is 0.321. The zero-order chi connectivity index (χ0) is 21.4. The van der Waals surface area contributed by atoms with Gasteiger partial charge in [0, 0.05) is 19.3 Å². The van der Waals surface area contributed by atoms with Crippen molar-refractivity contribution in [1.82, 2.24) is 19.4 Å². The molecule has 0 N–H and O–H groups in total. The van der Waals surface area contributed by atoms with E-state index in [0.717, 1.165) is 5.57 Å². The average molecular weight is 400 g/mol. The summed E-state index contributed by atoms with van der Waals surface area (Å²) in [7, 11) is 0. The van der Waals surface area contributed by atoms with Crippen LogP contribution in [-0.4, -0.2) is 55.9 Å². The topological polar surface area (TPSA) is 86.6 Å². The van der Waals surface area contributed by atoms with E-state index in [9.17, 15) is 9.59 Å². The van der Waals surface area contributed by atoms with E-state index in [1.165, 1.54) is 4.57 Å². The molecule has 0 unspecified atom stereocenters. The first kappa shape index (κ1) is 20.8. The lowest BCUT2D eigenvalue weighted by molar-refractivity contribution is 0.0270. The summed E-state index contributed by atoms with van der Waals surface area (Å²) in [6, 6.07) is 1.76. The van der Waals surface area contributed by atoms with Crippen molar-refractivity contribution < 1.29 is 19.1 Å². The Morgan fingerprint density at radius 2 is 1.69 bits per heavy atom. The first-order valence-electron chi connectivity index (χ1n) is 9.68. The Hall–Kier alpha value is -2.90. The normalized spacial score (nSPS) is 15.2. The molecule has 2 aromatic rings. The number of rotatable bonds is 1. The summed E-state index contributed by atoms with van der Waals surface area (Å²) >= 11 is 0. The van der Waals surface area contributed by atoms with Crippen molar-refractivity contribution in [2.24, 2.45) is 0 Å². The number of hydrogen-bond donors (Lipinski definition) is 0. The molecular weight excluding hydrogens is 372 g/mol. The van der Waals surface area contributed by atoms with Crippen LogP contribution in [0.15, 0.2) is 24.5 Å². The van der Waals surface area contributed by atoms with Gasteiger partial charge in [-0.2, -0.15) is 0 Å². The minimum atomic E-state index is -0.582. The molecule has 0 atom stereocenters. The highest BCUT2D eigenvalue weighted by atomic mass is 16.6. The molecule has 0 saturated carbocycles. The maximum Gasteiger partial charge on any atom is 0.419 e. The molecule has 8 heteroatoms. The van der Waals surface area contributed by atoms with Crippen LogP contribution in [0.25, 0.3) is 16.6 Å². The van der Waals surface area contributed by atoms with Gasteiger partial charge in [0.1, 0.15) is 11.2 Å². The Morgan fingerprint density at radius 3 is 2.28 bits per heavy atom. The predicted molar refractivity (Wildman–Crippen MR) is 110 cm³/mol.